The topological polar surface area (TPSA) is 96.2 Å². The zero-order valence-corrected chi connectivity index (χ0v) is 21.2. The monoisotopic (exact) mass is 500 g/mol. The van der Waals surface area contributed by atoms with Gasteiger partial charge in [0.1, 0.15) is 24.9 Å². The van der Waals surface area contributed by atoms with Crippen molar-refractivity contribution < 1.29 is 23.5 Å². The van der Waals surface area contributed by atoms with Gasteiger partial charge in [-0.05, 0) is 56.4 Å². The third-order valence-electron chi connectivity index (χ3n) is 8.59. The fraction of sp³-hybridized carbons (Fsp3) is 0.667. The van der Waals surface area contributed by atoms with Crippen molar-refractivity contribution in [2.24, 2.45) is 11.7 Å². The van der Waals surface area contributed by atoms with Crippen molar-refractivity contribution in [2.75, 3.05) is 44.2 Å². The summed E-state index contributed by atoms with van der Waals surface area (Å²) in [5.41, 5.74) is 7.68. The van der Waals surface area contributed by atoms with Crippen LogP contribution in [0.3, 0.4) is 0 Å². The normalized spacial score (nSPS) is 28.2. The molecular weight excluding hydrogens is 463 g/mol. The van der Waals surface area contributed by atoms with E-state index in [4.69, 9.17) is 10.5 Å². The maximum absolute atomic E-state index is 14.8. The van der Waals surface area contributed by atoms with Gasteiger partial charge in [0.25, 0.3) is 0 Å². The van der Waals surface area contributed by atoms with Crippen LogP contribution >= 0.6 is 0 Å². The second-order valence-electron chi connectivity index (χ2n) is 11.0. The number of Topliss-reactive ketones (excluding diaryl/α,β-unsaturated/α-hetero) is 1. The van der Waals surface area contributed by atoms with Crippen LogP contribution in [0.2, 0.25) is 0 Å². The number of nitrogens with zero attached hydrogens (tertiary/aromatic N) is 3. The highest BCUT2D eigenvalue weighted by Crippen LogP contribution is 2.43. The van der Waals surface area contributed by atoms with Gasteiger partial charge >= 0.3 is 0 Å². The molecule has 3 heterocycles. The van der Waals surface area contributed by atoms with Gasteiger partial charge < -0.3 is 20.3 Å². The van der Waals surface area contributed by atoms with Crippen LogP contribution in [0.5, 0.6) is 0 Å². The lowest BCUT2D eigenvalue weighted by atomic mass is 9.80. The first-order valence-electron chi connectivity index (χ1n) is 13.3. The van der Waals surface area contributed by atoms with Crippen LogP contribution in [0, 0.1) is 5.92 Å². The average Bonchev–Trinajstić information content (AvgIpc) is 3.59. The minimum Gasteiger partial charge on any atom is -0.369 e. The number of piperazine rings is 1. The van der Waals surface area contributed by atoms with Crippen LogP contribution < -0.4 is 10.6 Å². The molecule has 9 heteroatoms. The van der Waals surface area contributed by atoms with E-state index in [0.29, 0.717) is 17.2 Å². The molecule has 4 atom stereocenters. The number of halogens is 1. The number of hydrogen-bond donors (Lipinski definition) is 1. The number of anilines is 1. The molecule has 3 saturated heterocycles. The van der Waals surface area contributed by atoms with E-state index in [9.17, 15) is 18.8 Å². The van der Waals surface area contributed by atoms with Gasteiger partial charge in [-0.2, -0.15) is 0 Å². The highest BCUT2D eigenvalue weighted by atomic mass is 19.1. The molecule has 0 unspecified atom stereocenters. The predicted octanol–water partition coefficient (Wildman–Crippen LogP) is 2.11. The Morgan fingerprint density at radius 2 is 1.81 bits per heavy atom. The molecular formula is C27H37FN4O4. The Bertz CT molecular complexity index is 1020. The SMILES string of the molecule is CC(C)N1CCN(c2ccc(C(N)=O)c([C@@H](C(=O)N3C[C@H](F)[C@H]4OCC(=O)[C@H]43)C3CCCC3)c2)CC1. The van der Waals surface area contributed by atoms with Crippen molar-refractivity contribution in [1.29, 1.82) is 0 Å². The molecule has 1 saturated carbocycles. The zero-order valence-electron chi connectivity index (χ0n) is 21.2. The van der Waals surface area contributed by atoms with E-state index in [1.165, 1.54) is 4.90 Å². The molecule has 196 valence electrons. The maximum Gasteiger partial charge on any atom is 0.249 e. The van der Waals surface area contributed by atoms with E-state index < -0.39 is 30.1 Å². The fourth-order valence-electron chi connectivity index (χ4n) is 6.61. The number of alkyl halides is 1. The molecule has 1 aromatic carbocycles. The summed E-state index contributed by atoms with van der Waals surface area (Å²) in [6, 6.07) is 5.17. The lowest BCUT2D eigenvalue weighted by Gasteiger charge is -2.38. The quantitative estimate of drug-likeness (QED) is 0.643. The number of carbonyl (C=O) groups is 3. The summed E-state index contributed by atoms with van der Waals surface area (Å²) in [6.07, 6.45) is 1.39. The predicted molar refractivity (Wildman–Crippen MR) is 134 cm³/mol. The summed E-state index contributed by atoms with van der Waals surface area (Å²) in [6.45, 7) is 7.63. The van der Waals surface area contributed by atoms with Crippen LogP contribution in [0.1, 0.15) is 61.4 Å². The highest BCUT2D eigenvalue weighted by Gasteiger charge is 2.54. The summed E-state index contributed by atoms with van der Waals surface area (Å²) in [5, 5.41) is 0. The van der Waals surface area contributed by atoms with Crippen molar-refractivity contribution in [3.05, 3.63) is 29.3 Å². The van der Waals surface area contributed by atoms with Gasteiger partial charge in [-0.1, -0.05) is 12.8 Å². The lowest BCUT2D eigenvalue weighted by Crippen LogP contribution is -2.49. The third-order valence-corrected chi connectivity index (χ3v) is 8.59. The molecule has 0 aromatic heterocycles. The summed E-state index contributed by atoms with van der Waals surface area (Å²) in [4.78, 5) is 45.3. The Hall–Kier alpha value is -2.52. The van der Waals surface area contributed by atoms with Gasteiger partial charge in [0.05, 0.1) is 12.5 Å². The summed E-state index contributed by atoms with van der Waals surface area (Å²) in [5.74, 6) is -1.77. The number of primary amides is 1. The second-order valence-corrected chi connectivity index (χ2v) is 11.0. The van der Waals surface area contributed by atoms with Crippen LogP contribution in [-0.2, 0) is 14.3 Å². The van der Waals surface area contributed by atoms with E-state index in [1.807, 2.05) is 12.1 Å². The van der Waals surface area contributed by atoms with Gasteiger partial charge in [-0.15, -0.1) is 0 Å². The van der Waals surface area contributed by atoms with E-state index >= 15 is 0 Å². The first kappa shape index (κ1) is 25.1. The smallest absolute Gasteiger partial charge is 0.249 e. The molecule has 1 aromatic rings. The molecule has 36 heavy (non-hydrogen) atoms. The Morgan fingerprint density at radius 1 is 1.11 bits per heavy atom. The third kappa shape index (κ3) is 4.52. The first-order valence-corrected chi connectivity index (χ1v) is 13.3. The number of rotatable bonds is 6. The van der Waals surface area contributed by atoms with E-state index in [1.54, 1.807) is 6.07 Å². The number of benzene rings is 1. The lowest BCUT2D eigenvalue weighted by molar-refractivity contribution is -0.138. The fourth-order valence-corrected chi connectivity index (χ4v) is 6.61. The maximum atomic E-state index is 14.8. The van der Waals surface area contributed by atoms with Crippen molar-refractivity contribution >= 4 is 23.3 Å². The highest BCUT2D eigenvalue weighted by molar-refractivity contribution is 5.99. The summed E-state index contributed by atoms with van der Waals surface area (Å²) in [7, 11) is 0. The number of fused-ring (bicyclic) bond motifs is 1. The molecule has 2 amide bonds. The second kappa shape index (κ2) is 10.1. The van der Waals surface area contributed by atoms with Crippen molar-refractivity contribution in [3.63, 3.8) is 0 Å². The summed E-state index contributed by atoms with van der Waals surface area (Å²) >= 11 is 0. The van der Waals surface area contributed by atoms with Crippen LogP contribution in [0.15, 0.2) is 18.2 Å². The molecule has 3 aliphatic heterocycles. The van der Waals surface area contributed by atoms with Crippen molar-refractivity contribution in [1.82, 2.24) is 9.80 Å². The number of carbonyl (C=O) groups excluding carboxylic acids is 3. The van der Waals surface area contributed by atoms with Crippen molar-refractivity contribution in [3.8, 4) is 0 Å². The Labute approximate surface area is 211 Å². The van der Waals surface area contributed by atoms with Gasteiger partial charge in [0.2, 0.25) is 11.8 Å². The largest absolute Gasteiger partial charge is 0.369 e. The van der Waals surface area contributed by atoms with Gasteiger partial charge in [0.15, 0.2) is 5.78 Å². The minimum absolute atomic E-state index is 0.0122. The minimum atomic E-state index is -1.39. The Kier molecular flexibility index (Phi) is 7.05. The number of amides is 2. The van der Waals surface area contributed by atoms with Crippen molar-refractivity contribution in [2.45, 2.75) is 69.8 Å². The molecule has 8 nitrogen and oxygen atoms in total. The van der Waals surface area contributed by atoms with Crippen LogP contribution in [-0.4, -0.2) is 91.1 Å². The standard InChI is InChI=1S/C27H37FN4O4/c1-16(2)30-9-11-31(12-10-30)18-7-8-19(26(29)34)20(13-18)23(17-5-3-4-6-17)27(35)32-14-21(28)25-24(32)22(33)15-36-25/h7-8,13,16-17,21,23-25H,3-6,9-12,14-15H2,1-2H3,(H2,29,34)/t21-,23-,24+,25+/m0/s1. The first-order chi connectivity index (χ1) is 17.3. The van der Waals surface area contributed by atoms with Gasteiger partial charge in [0, 0.05) is 43.5 Å². The van der Waals surface area contributed by atoms with Gasteiger partial charge in [-0.3, -0.25) is 19.3 Å². The molecule has 2 N–H and O–H groups in total. The molecule has 4 fully saturated rings. The number of ketones is 1. The molecule has 4 aliphatic rings. The molecule has 1 aliphatic carbocycles. The molecule has 0 bridgehead atoms. The molecule has 0 radical (unpaired) electrons. The summed E-state index contributed by atoms with van der Waals surface area (Å²) < 4.78 is 20.1. The zero-order chi connectivity index (χ0) is 25.6. The number of hydrogen-bond acceptors (Lipinski definition) is 6. The van der Waals surface area contributed by atoms with E-state index in [-0.39, 0.29) is 30.8 Å². The van der Waals surface area contributed by atoms with E-state index in [0.717, 1.165) is 57.5 Å². The Balaban J connectivity index is 1.50. The molecule has 0 spiro atoms. The van der Waals surface area contributed by atoms with Crippen LogP contribution in [0.25, 0.3) is 0 Å². The van der Waals surface area contributed by atoms with Crippen LogP contribution in [0.4, 0.5) is 10.1 Å². The van der Waals surface area contributed by atoms with E-state index in [2.05, 4.69) is 23.6 Å². The number of ether oxygens (including phenoxy) is 1. The van der Waals surface area contributed by atoms with Gasteiger partial charge in [-0.25, -0.2) is 4.39 Å². The molecule has 5 rings (SSSR count). The Morgan fingerprint density at radius 3 is 2.44 bits per heavy atom. The number of nitrogens with two attached hydrogens (primary N) is 1. The number of likely N-dealkylation sites (tertiary alicyclic amines) is 1. The average molecular weight is 501 g/mol.